The summed E-state index contributed by atoms with van der Waals surface area (Å²) in [6, 6.07) is 0. The third-order valence-electron chi connectivity index (χ3n) is 2.22. The molecule has 0 radical (unpaired) electrons. The molecule has 1 saturated heterocycles. The number of hydrogen-bond donors (Lipinski definition) is 0. The Balaban J connectivity index is 2.98. The number of hydrogen-bond acceptors (Lipinski definition) is 3. The van der Waals surface area contributed by atoms with Crippen molar-refractivity contribution in [3.05, 3.63) is 12.7 Å². The van der Waals surface area contributed by atoms with Gasteiger partial charge >= 0.3 is 6.16 Å². The molecule has 3 heteroatoms. The molecular weight excluding hydrogens is 144 g/mol. The second-order valence-corrected chi connectivity index (χ2v) is 3.28. The summed E-state index contributed by atoms with van der Waals surface area (Å²) in [5.41, 5.74) is -1.32. The first-order valence-corrected chi connectivity index (χ1v) is 3.47. The van der Waals surface area contributed by atoms with Gasteiger partial charge in [0.25, 0.3) is 0 Å². The number of cyclic esters (lactones) is 2. The van der Waals surface area contributed by atoms with E-state index in [2.05, 4.69) is 6.58 Å². The molecule has 0 saturated carbocycles. The van der Waals surface area contributed by atoms with E-state index in [0.29, 0.717) is 0 Å². The summed E-state index contributed by atoms with van der Waals surface area (Å²) in [4.78, 5) is 10.7. The van der Waals surface area contributed by atoms with Crippen molar-refractivity contribution >= 4 is 6.16 Å². The van der Waals surface area contributed by atoms with Crippen LogP contribution in [-0.2, 0) is 9.47 Å². The van der Waals surface area contributed by atoms with Gasteiger partial charge in [0.1, 0.15) is 0 Å². The first-order valence-electron chi connectivity index (χ1n) is 3.47. The van der Waals surface area contributed by atoms with Crippen LogP contribution in [-0.4, -0.2) is 17.4 Å². The highest BCUT2D eigenvalue weighted by molar-refractivity contribution is 5.65. The van der Waals surface area contributed by atoms with Crippen molar-refractivity contribution in [1.29, 1.82) is 0 Å². The van der Waals surface area contributed by atoms with Crippen molar-refractivity contribution in [1.82, 2.24) is 0 Å². The second kappa shape index (κ2) is 2.00. The molecule has 0 spiro atoms. The van der Waals surface area contributed by atoms with Crippen LogP contribution in [0.2, 0.25) is 0 Å². The Morgan fingerprint density at radius 2 is 1.91 bits per heavy atom. The maximum Gasteiger partial charge on any atom is 0.509 e. The van der Waals surface area contributed by atoms with Crippen LogP contribution in [0.1, 0.15) is 20.8 Å². The zero-order valence-electron chi connectivity index (χ0n) is 7.01. The van der Waals surface area contributed by atoms with E-state index in [1.54, 1.807) is 26.8 Å². The molecule has 0 unspecified atom stereocenters. The van der Waals surface area contributed by atoms with Gasteiger partial charge in [0.15, 0.2) is 11.2 Å². The normalized spacial score (nSPS) is 34.3. The first kappa shape index (κ1) is 8.11. The second-order valence-electron chi connectivity index (χ2n) is 3.28. The highest BCUT2D eigenvalue weighted by atomic mass is 16.8. The van der Waals surface area contributed by atoms with E-state index in [4.69, 9.17) is 9.47 Å². The lowest BCUT2D eigenvalue weighted by atomic mass is 9.88. The molecule has 1 aliphatic rings. The smallest absolute Gasteiger partial charge is 0.424 e. The fourth-order valence-electron chi connectivity index (χ4n) is 0.914. The summed E-state index contributed by atoms with van der Waals surface area (Å²) < 4.78 is 9.86. The van der Waals surface area contributed by atoms with E-state index in [9.17, 15) is 4.79 Å². The van der Waals surface area contributed by atoms with Gasteiger partial charge in [0, 0.05) is 0 Å². The van der Waals surface area contributed by atoms with Crippen LogP contribution in [0.25, 0.3) is 0 Å². The monoisotopic (exact) mass is 156 g/mol. The molecule has 0 aliphatic carbocycles. The van der Waals surface area contributed by atoms with Gasteiger partial charge in [-0.1, -0.05) is 6.58 Å². The Hall–Kier alpha value is -0.990. The third kappa shape index (κ3) is 1.00. The van der Waals surface area contributed by atoms with Crippen LogP contribution in [0, 0.1) is 0 Å². The average Bonchev–Trinajstić information content (AvgIpc) is 2.03. The topological polar surface area (TPSA) is 35.5 Å². The largest absolute Gasteiger partial charge is 0.509 e. The molecule has 1 rings (SSSR count). The Labute approximate surface area is 66.0 Å². The van der Waals surface area contributed by atoms with Crippen molar-refractivity contribution in [3.8, 4) is 0 Å². The lowest BCUT2D eigenvalue weighted by molar-refractivity contribution is 0.0283. The van der Waals surface area contributed by atoms with Crippen molar-refractivity contribution in [2.45, 2.75) is 32.0 Å². The maximum atomic E-state index is 10.7. The molecule has 0 N–H and O–H groups in total. The summed E-state index contributed by atoms with van der Waals surface area (Å²) in [6.45, 7) is 8.94. The Kier molecular flexibility index (Phi) is 1.47. The standard InChI is InChI=1S/C8H12O3/c1-5-8(4)7(2,3)10-6(9)11-8/h5H,1H2,2-4H3/t8-/m1/s1. The lowest BCUT2D eigenvalue weighted by Crippen LogP contribution is -2.42. The maximum absolute atomic E-state index is 10.7. The highest BCUT2D eigenvalue weighted by Gasteiger charge is 2.52. The molecule has 1 heterocycles. The van der Waals surface area contributed by atoms with Crippen molar-refractivity contribution < 1.29 is 14.3 Å². The minimum absolute atomic E-state index is 0.619. The summed E-state index contributed by atoms with van der Waals surface area (Å²) in [5, 5.41) is 0. The Morgan fingerprint density at radius 1 is 1.36 bits per heavy atom. The van der Waals surface area contributed by atoms with Gasteiger partial charge < -0.3 is 9.47 Å². The van der Waals surface area contributed by atoms with Crippen molar-refractivity contribution in [3.63, 3.8) is 0 Å². The zero-order chi connectivity index (χ0) is 8.70. The summed E-state index contributed by atoms with van der Waals surface area (Å²) in [7, 11) is 0. The molecule has 0 aromatic carbocycles. The van der Waals surface area contributed by atoms with Crippen LogP contribution in [0.3, 0.4) is 0 Å². The van der Waals surface area contributed by atoms with Gasteiger partial charge in [0.2, 0.25) is 0 Å². The molecular formula is C8H12O3. The van der Waals surface area contributed by atoms with E-state index in [-0.39, 0.29) is 0 Å². The van der Waals surface area contributed by atoms with Crippen LogP contribution in [0.5, 0.6) is 0 Å². The lowest BCUT2D eigenvalue weighted by Gasteiger charge is -2.28. The Bertz CT molecular complexity index is 207. The number of carbonyl (C=O) groups excluding carboxylic acids is 1. The van der Waals surface area contributed by atoms with E-state index in [1.165, 1.54) is 0 Å². The number of ether oxygens (including phenoxy) is 2. The molecule has 0 aromatic rings. The van der Waals surface area contributed by atoms with E-state index in [1.807, 2.05) is 0 Å². The van der Waals surface area contributed by atoms with Gasteiger partial charge in [-0.25, -0.2) is 4.79 Å². The molecule has 0 aromatic heterocycles. The van der Waals surface area contributed by atoms with Crippen LogP contribution >= 0.6 is 0 Å². The van der Waals surface area contributed by atoms with Gasteiger partial charge in [-0.3, -0.25) is 0 Å². The molecule has 62 valence electrons. The van der Waals surface area contributed by atoms with E-state index in [0.717, 1.165) is 0 Å². The van der Waals surface area contributed by atoms with Crippen LogP contribution in [0.15, 0.2) is 12.7 Å². The van der Waals surface area contributed by atoms with E-state index < -0.39 is 17.4 Å². The van der Waals surface area contributed by atoms with Crippen molar-refractivity contribution in [2.75, 3.05) is 0 Å². The minimum Gasteiger partial charge on any atom is -0.424 e. The first-order chi connectivity index (χ1) is 4.91. The summed E-state index contributed by atoms with van der Waals surface area (Å²) >= 11 is 0. The predicted octanol–water partition coefficient (Wildman–Crippen LogP) is 1.88. The zero-order valence-corrected chi connectivity index (χ0v) is 7.01. The minimum atomic E-state index is -0.704. The van der Waals surface area contributed by atoms with Gasteiger partial charge in [-0.15, -0.1) is 0 Å². The predicted molar refractivity (Wildman–Crippen MR) is 40.2 cm³/mol. The Morgan fingerprint density at radius 3 is 2.09 bits per heavy atom. The molecule has 3 nitrogen and oxygen atoms in total. The van der Waals surface area contributed by atoms with Gasteiger partial charge in [-0.05, 0) is 26.8 Å². The number of rotatable bonds is 1. The van der Waals surface area contributed by atoms with Gasteiger partial charge in [-0.2, -0.15) is 0 Å². The molecule has 11 heavy (non-hydrogen) atoms. The number of carbonyl (C=O) groups is 1. The third-order valence-corrected chi connectivity index (χ3v) is 2.22. The van der Waals surface area contributed by atoms with Gasteiger partial charge in [0.05, 0.1) is 0 Å². The molecule has 1 aliphatic heterocycles. The van der Waals surface area contributed by atoms with E-state index >= 15 is 0 Å². The fraction of sp³-hybridized carbons (Fsp3) is 0.625. The van der Waals surface area contributed by atoms with Crippen molar-refractivity contribution in [2.24, 2.45) is 0 Å². The SMILES string of the molecule is C=C[C@@]1(C)OC(=O)OC1(C)C. The molecule has 1 atom stereocenters. The molecule has 0 amide bonds. The highest BCUT2D eigenvalue weighted by Crippen LogP contribution is 2.36. The quantitative estimate of drug-likeness (QED) is 0.429. The average molecular weight is 156 g/mol. The fourth-order valence-corrected chi connectivity index (χ4v) is 0.914. The van der Waals surface area contributed by atoms with Crippen LogP contribution < -0.4 is 0 Å². The van der Waals surface area contributed by atoms with Crippen LogP contribution in [0.4, 0.5) is 4.79 Å². The summed E-state index contributed by atoms with van der Waals surface area (Å²) in [6.07, 6.45) is 0.954. The molecule has 0 bridgehead atoms. The molecule has 1 fully saturated rings. The summed E-state index contributed by atoms with van der Waals surface area (Å²) in [5.74, 6) is 0.